The highest BCUT2D eigenvalue weighted by Crippen LogP contribution is 2.20. The molecule has 0 saturated heterocycles. The Balaban J connectivity index is 2.33. The van der Waals surface area contributed by atoms with Gasteiger partial charge in [-0.15, -0.1) is 0 Å². The van der Waals surface area contributed by atoms with Gasteiger partial charge in [0.25, 0.3) is 0 Å². The molecule has 3 nitrogen and oxygen atoms in total. The van der Waals surface area contributed by atoms with Crippen molar-refractivity contribution in [1.82, 2.24) is 5.32 Å². The summed E-state index contributed by atoms with van der Waals surface area (Å²) < 4.78 is 35.6. The van der Waals surface area contributed by atoms with Crippen molar-refractivity contribution in [3.8, 4) is 0 Å². The van der Waals surface area contributed by atoms with Crippen LogP contribution in [0.2, 0.25) is 0 Å². The highest BCUT2D eigenvalue weighted by Gasteiger charge is 2.27. The number of hydrogen-bond donors (Lipinski definition) is 2. The molecule has 0 saturated carbocycles. The Morgan fingerprint density at radius 1 is 1.17 bits per heavy atom. The van der Waals surface area contributed by atoms with Crippen molar-refractivity contribution in [3.05, 3.63) is 35.4 Å². The molecule has 3 N–H and O–H groups in total. The van der Waals surface area contributed by atoms with Gasteiger partial charge in [-0.2, -0.15) is 13.2 Å². The third-order valence-electron chi connectivity index (χ3n) is 2.38. The third-order valence-corrected chi connectivity index (χ3v) is 2.38. The van der Waals surface area contributed by atoms with E-state index < -0.39 is 24.9 Å². The van der Waals surface area contributed by atoms with E-state index in [0.29, 0.717) is 6.54 Å². The first-order valence-corrected chi connectivity index (χ1v) is 5.52. The molecule has 1 rings (SSSR count). The Hall–Kier alpha value is -1.56. The maximum absolute atomic E-state index is 11.9. The molecule has 1 aromatic carbocycles. The molecule has 0 aliphatic heterocycles. The lowest BCUT2D eigenvalue weighted by molar-refractivity contribution is -0.144. The van der Waals surface area contributed by atoms with Gasteiger partial charge in [0.15, 0.2) is 0 Å². The van der Waals surface area contributed by atoms with Crippen molar-refractivity contribution in [3.63, 3.8) is 0 Å². The fourth-order valence-corrected chi connectivity index (χ4v) is 1.34. The largest absolute Gasteiger partial charge is 0.389 e. The van der Waals surface area contributed by atoms with Crippen LogP contribution in [0.5, 0.6) is 0 Å². The topological polar surface area (TPSA) is 55.1 Å². The number of halogens is 3. The van der Waals surface area contributed by atoms with Crippen LogP contribution < -0.4 is 11.1 Å². The molecule has 18 heavy (non-hydrogen) atoms. The van der Waals surface area contributed by atoms with E-state index >= 15 is 0 Å². The zero-order valence-corrected chi connectivity index (χ0v) is 9.76. The molecule has 0 bridgehead atoms. The summed E-state index contributed by atoms with van der Waals surface area (Å²) in [4.78, 5) is 11.2. The first-order valence-electron chi connectivity index (χ1n) is 5.52. The minimum atomic E-state index is -4.29. The number of hydrogen-bond acceptors (Lipinski definition) is 2. The average Bonchev–Trinajstić information content (AvgIpc) is 2.33. The quantitative estimate of drug-likeness (QED) is 0.851. The first kappa shape index (κ1) is 14.5. The molecule has 0 heterocycles. The van der Waals surface area contributed by atoms with Crippen LogP contribution in [0.25, 0.3) is 0 Å². The maximum Gasteiger partial charge on any atom is 0.389 e. The predicted molar refractivity (Wildman–Crippen MR) is 61.5 cm³/mol. The summed E-state index contributed by atoms with van der Waals surface area (Å²) in [6.45, 7) is 0.653. The molecular weight excluding hydrogens is 245 g/mol. The molecule has 1 amide bonds. The second-order valence-corrected chi connectivity index (χ2v) is 3.91. The van der Waals surface area contributed by atoms with Crippen LogP contribution in [0.1, 0.15) is 24.0 Å². The summed E-state index contributed by atoms with van der Waals surface area (Å²) in [6.07, 6.45) is -5.92. The van der Waals surface area contributed by atoms with Crippen LogP contribution >= 0.6 is 0 Å². The number of alkyl halides is 3. The van der Waals surface area contributed by atoms with Gasteiger partial charge >= 0.3 is 6.18 Å². The molecule has 100 valence electrons. The minimum absolute atomic E-state index is 0.224. The first-order chi connectivity index (χ1) is 8.40. The molecule has 0 aromatic heterocycles. The van der Waals surface area contributed by atoms with Crippen molar-refractivity contribution in [2.45, 2.75) is 32.1 Å². The summed E-state index contributed by atoms with van der Waals surface area (Å²) in [5.41, 5.74) is 7.21. The van der Waals surface area contributed by atoms with Gasteiger partial charge in [0.05, 0.1) is 6.42 Å². The molecule has 0 unspecified atom stereocenters. The Kier molecular flexibility index (Phi) is 5.15. The lowest BCUT2D eigenvalue weighted by Gasteiger charge is -2.08. The van der Waals surface area contributed by atoms with Gasteiger partial charge in [-0.05, 0) is 11.1 Å². The van der Waals surface area contributed by atoms with Gasteiger partial charge in [0.2, 0.25) is 5.91 Å². The van der Waals surface area contributed by atoms with Crippen LogP contribution in [0, 0.1) is 0 Å². The van der Waals surface area contributed by atoms with E-state index in [4.69, 9.17) is 5.73 Å². The Morgan fingerprint density at radius 3 is 2.22 bits per heavy atom. The van der Waals surface area contributed by atoms with Crippen LogP contribution in [-0.2, 0) is 17.9 Å². The fraction of sp³-hybridized carbons (Fsp3) is 0.417. The molecule has 0 radical (unpaired) electrons. The van der Waals surface area contributed by atoms with Crippen molar-refractivity contribution in [1.29, 1.82) is 0 Å². The van der Waals surface area contributed by atoms with E-state index in [1.807, 2.05) is 12.1 Å². The van der Waals surface area contributed by atoms with Gasteiger partial charge in [-0.25, -0.2) is 0 Å². The maximum atomic E-state index is 11.9. The standard InChI is InChI=1S/C12H15F3N2O/c13-12(14,15)6-5-11(18)17-8-10-3-1-9(7-16)2-4-10/h1-4H,5-8,16H2,(H,17,18). The highest BCUT2D eigenvalue weighted by molar-refractivity contribution is 5.75. The number of amides is 1. The van der Waals surface area contributed by atoms with Gasteiger partial charge in [-0.1, -0.05) is 24.3 Å². The second-order valence-electron chi connectivity index (χ2n) is 3.91. The number of nitrogens with one attached hydrogen (secondary N) is 1. The van der Waals surface area contributed by atoms with E-state index in [1.165, 1.54) is 0 Å². The fourth-order valence-electron chi connectivity index (χ4n) is 1.34. The molecule has 0 aliphatic rings. The Morgan fingerprint density at radius 2 is 1.72 bits per heavy atom. The zero-order valence-electron chi connectivity index (χ0n) is 9.76. The molecule has 0 aliphatic carbocycles. The van der Waals surface area contributed by atoms with Crippen LogP contribution in [0.3, 0.4) is 0 Å². The van der Waals surface area contributed by atoms with Crippen molar-refractivity contribution in [2.75, 3.05) is 0 Å². The van der Waals surface area contributed by atoms with E-state index in [0.717, 1.165) is 11.1 Å². The number of carbonyl (C=O) groups excluding carboxylic acids is 1. The molecule has 1 aromatic rings. The summed E-state index contributed by atoms with van der Waals surface area (Å²) in [5.74, 6) is -0.602. The van der Waals surface area contributed by atoms with E-state index in [2.05, 4.69) is 5.32 Å². The molecular formula is C12H15F3N2O. The van der Waals surface area contributed by atoms with Crippen molar-refractivity contribution >= 4 is 5.91 Å². The Labute approximate surface area is 103 Å². The summed E-state index contributed by atoms with van der Waals surface area (Å²) >= 11 is 0. The lowest BCUT2D eigenvalue weighted by Crippen LogP contribution is -2.24. The zero-order chi connectivity index (χ0) is 13.6. The van der Waals surface area contributed by atoms with Gasteiger partial charge in [0.1, 0.15) is 0 Å². The summed E-state index contributed by atoms with van der Waals surface area (Å²) in [5, 5.41) is 2.44. The summed E-state index contributed by atoms with van der Waals surface area (Å²) in [6, 6.07) is 7.20. The average molecular weight is 260 g/mol. The van der Waals surface area contributed by atoms with E-state index in [9.17, 15) is 18.0 Å². The van der Waals surface area contributed by atoms with Gasteiger partial charge in [0, 0.05) is 19.5 Å². The molecule has 0 atom stereocenters. The predicted octanol–water partition coefficient (Wildman–Crippen LogP) is 2.10. The number of rotatable bonds is 5. The minimum Gasteiger partial charge on any atom is -0.352 e. The normalized spacial score (nSPS) is 11.3. The SMILES string of the molecule is NCc1ccc(CNC(=O)CCC(F)(F)F)cc1. The molecule has 0 fully saturated rings. The Bertz CT molecular complexity index is 387. The van der Waals surface area contributed by atoms with Crippen molar-refractivity contribution < 1.29 is 18.0 Å². The number of benzene rings is 1. The van der Waals surface area contributed by atoms with Crippen molar-refractivity contribution in [2.24, 2.45) is 5.73 Å². The third kappa shape index (κ3) is 5.67. The van der Waals surface area contributed by atoms with Crippen LogP contribution in [-0.4, -0.2) is 12.1 Å². The molecule has 6 heteroatoms. The van der Waals surface area contributed by atoms with Crippen LogP contribution in [0.4, 0.5) is 13.2 Å². The van der Waals surface area contributed by atoms with E-state index in [1.54, 1.807) is 12.1 Å². The van der Waals surface area contributed by atoms with Gasteiger partial charge in [-0.3, -0.25) is 4.79 Å². The monoisotopic (exact) mass is 260 g/mol. The smallest absolute Gasteiger partial charge is 0.352 e. The lowest BCUT2D eigenvalue weighted by atomic mass is 10.1. The number of nitrogens with two attached hydrogens (primary N) is 1. The highest BCUT2D eigenvalue weighted by atomic mass is 19.4. The number of carbonyl (C=O) groups is 1. The van der Waals surface area contributed by atoms with Crippen LogP contribution in [0.15, 0.2) is 24.3 Å². The van der Waals surface area contributed by atoms with Gasteiger partial charge < -0.3 is 11.1 Å². The summed E-state index contributed by atoms with van der Waals surface area (Å²) in [7, 11) is 0. The second kappa shape index (κ2) is 6.39. The molecule has 0 spiro atoms. The van der Waals surface area contributed by atoms with E-state index in [-0.39, 0.29) is 6.54 Å².